The lowest BCUT2D eigenvalue weighted by atomic mass is 9.78. The van der Waals surface area contributed by atoms with Gasteiger partial charge >= 0.3 is 6.18 Å². The molecule has 1 aliphatic carbocycles. The first-order valence-corrected chi connectivity index (χ1v) is 12.3. The first kappa shape index (κ1) is 27.2. The smallest absolute Gasteiger partial charge is 0.350 e. The summed E-state index contributed by atoms with van der Waals surface area (Å²) in [6.45, 7) is 4.08. The number of hydrogen-bond donors (Lipinski definition) is 1. The Morgan fingerprint density at radius 1 is 1.09 bits per heavy atom. The zero-order chi connectivity index (χ0) is 25.1. The summed E-state index contributed by atoms with van der Waals surface area (Å²) in [7, 11) is 0. The number of alkyl halides is 5. The molecule has 1 amide bonds. The molecule has 1 N–H and O–H groups in total. The fraction of sp³-hybridized carbons (Fsp3) is 0.636. The van der Waals surface area contributed by atoms with Gasteiger partial charge in [-0.3, -0.25) is 14.5 Å². The topological polar surface area (TPSA) is 52.7 Å². The Morgan fingerprint density at radius 3 is 2.24 bits per heavy atom. The SMILES string of the molecule is CC(=O)CSN1CCN(C2(CNC(=O)c3ccc(C(F)(F)F)cc3Cl)CCC(F)(F)CC2)CC1. The minimum absolute atomic E-state index is 0.0723. The van der Waals surface area contributed by atoms with Gasteiger partial charge < -0.3 is 5.32 Å². The molecule has 2 fully saturated rings. The molecule has 0 atom stereocenters. The minimum atomic E-state index is -4.58. The second kappa shape index (κ2) is 10.7. The first-order chi connectivity index (χ1) is 15.8. The third-order valence-corrected chi connectivity index (χ3v) is 7.97. The van der Waals surface area contributed by atoms with Crippen LogP contribution in [0, 0.1) is 0 Å². The van der Waals surface area contributed by atoms with E-state index in [0.29, 0.717) is 38.0 Å². The molecule has 0 aromatic heterocycles. The number of nitrogens with zero attached hydrogens (tertiary/aromatic N) is 2. The van der Waals surface area contributed by atoms with E-state index >= 15 is 0 Å². The number of carbonyl (C=O) groups is 2. The molecule has 1 saturated carbocycles. The van der Waals surface area contributed by atoms with Crippen molar-refractivity contribution in [3.05, 3.63) is 34.3 Å². The lowest BCUT2D eigenvalue weighted by molar-refractivity contribution is -0.137. The van der Waals surface area contributed by atoms with Crippen molar-refractivity contribution in [2.75, 3.05) is 38.5 Å². The molecule has 0 bridgehead atoms. The second-order valence-corrected chi connectivity index (χ2v) is 10.3. The maximum Gasteiger partial charge on any atom is 0.416 e. The van der Waals surface area contributed by atoms with E-state index in [0.717, 1.165) is 12.1 Å². The number of halogens is 6. The highest BCUT2D eigenvalue weighted by atomic mass is 35.5. The third-order valence-electron chi connectivity index (χ3n) is 6.39. The molecular weight excluding hydrogens is 501 g/mol. The Balaban J connectivity index is 1.69. The van der Waals surface area contributed by atoms with Crippen LogP contribution < -0.4 is 5.32 Å². The van der Waals surface area contributed by atoms with E-state index in [1.54, 1.807) is 0 Å². The zero-order valence-electron chi connectivity index (χ0n) is 18.7. The number of amides is 1. The van der Waals surface area contributed by atoms with Crippen LogP contribution in [0.5, 0.6) is 0 Å². The fourth-order valence-corrected chi connectivity index (χ4v) is 5.43. The van der Waals surface area contributed by atoms with E-state index in [1.807, 2.05) is 0 Å². The molecule has 1 aromatic carbocycles. The van der Waals surface area contributed by atoms with E-state index in [4.69, 9.17) is 11.6 Å². The highest BCUT2D eigenvalue weighted by molar-refractivity contribution is 7.97. The number of rotatable bonds is 7. The van der Waals surface area contributed by atoms with Crippen LogP contribution in [-0.2, 0) is 11.0 Å². The molecule has 1 saturated heterocycles. The fourth-order valence-electron chi connectivity index (χ4n) is 4.38. The van der Waals surface area contributed by atoms with Crippen LogP contribution >= 0.6 is 23.5 Å². The van der Waals surface area contributed by atoms with Crippen LogP contribution in [0.3, 0.4) is 0 Å². The molecule has 2 aliphatic rings. The lowest BCUT2D eigenvalue weighted by Crippen LogP contribution is -2.62. The maximum absolute atomic E-state index is 13.9. The number of ketones is 1. The molecule has 3 rings (SSSR count). The number of carbonyl (C=O) groups excluding carboxylic acids is 2. The highest BCUT2D eigenvalue weighted by Gasteiger charge is 2.47. The van der Waals surface area contributed by atoms with E-state index in [2.05, 4.69) is 14.5 Å². The van der Waals surface area contributed by atoms with Crippen LogP contribution in [0.2, 0.25) is 5.02 Å². The second-order valence-electron chi connectivity index (χ2n) is 8.85. The van der Waals surface area contributed by atoms with Gasteiger partial charge in [-0.05, 0) is 38.0 Å². The average Bonchev–Trinajstić information content (AvgIpc) is 2.77. The molecule has 1 heterocycles. The van der Waals surface area contributed by atoms with E-state index in [1.165, 1.54) is 18.9 Å². The van der Waals surface area contributed by atoms with Crippen molar-refractivity contribution in [1.29, 1.82) is 0 Å². The average molecular weight is 528 g/mol. The van der Waals surface area contributed by atoms with Crippen molar-refractivity contribution in [2.24, 2.45) is 0 Å². The molecule has 1 aromatic rings. The zero-order valence-corrected chi connectivity index (χ0v) is 20.3. The number of nitrogens with one attached hydrogen (secondary N) is 1. The van der Waals surface area contributed by atoms with Crippen molar-refractivity contribution < 1.29 is 31.5 Å². The molecular formula is C22H27ClF5N3O2S. The molecule has 0 unspecified atom stereocenters. The Bertz CT molecular complexity index is 897. The molecule has 12 heteroatoms. The summed E-state index contributed by atoms with van der Waals surface area (Å²) in [5.74, 6) is -2.96. The standard InChI is InChI=1S/C22H27ClF5N3O2S/c1-15(32)13-34-31-10-8-30(9-11-31)20(4-6-21(24,25)7-5-20)14-29-19(33)17-3-2-16(12-18(17)23)22(26,27)28/h2-3,12H,4-11,13-14H2,1H3,(H,29,33). The van der Waals surface area contributed by atoms with Gasteiger partial charge in [0.15, 0.2) is 0 Å². The quantitative estimate of drug-likeness (QED) is 0.404. The molecule has 1 aliphatic heterocycles. The Labute approximate surface area is 204 Å². The van der Waals surface area contributed by atoms with Crippen LogP contribution in [0.25, 0.3) is 0 Å². The van der Waals surface area contributed by atoms with Gasteiger partial charge in [-0.1, -0.05) is 23.5 Å². The molecule has 34 heavy (non-hydrogen) atoms. The van der Waals surface area contributed by atoms with E-state index in [-0.39, 0.29) is 48.6 Å². The van der Waals surface area contributed by atoms with Gasteiger partial charge in [0.2, 0.25) is 5.92 Å². The van der Waals surface area contributed by atoms with Crippen LogP contribution in [0.15, 0.2) is 18.2 Å². The van der Waals surface area contributed by atoms with Crippen molar-refractivity contribution in [1.82, 2.24) is 14.5 Å². The van der Waals surface area contributed by atoms with Gasteiger partial charge in [-0.15, -0.1) is 0 Å². The summed E-state index contributed by atoms with van der Waals surface area (Å²) in [6.07, 6.45) is -4.82. The summed E-state index contributed by atoms with van der Waals surface area (Å²) in [4.78, 5) is 26.1. The highest BCUT2D eigenvalue weighted by Crippen LogP contribution is 2.42. The molecule has 0 radical (unpaired) electrons. The maximum atomic E-state index is 13.9. The number of hydrogen-bond acceptors (Lipinski definition) is 5. The first-order valence-electron chi connectivity index (χ1n) is 11.0. The van der Waals surface area contributed by atoms with Crippen molar-refractivity contribution >= 4 is 35.2 Å². The van der Waals surface area contributed by atoms with Crippen molar-refractivity contribution in [2.45, 2.75) is 50.2 Å². The molecule has 0 spiro atoms. The van der Waals surface area contributed by atoms with Gasteiger partial charge in [0, 0.05) is 51.1 Å². The summed E-state index contributed by atoms with van der Waals surface area (Å²) < 4.78 is 68.6. The minimum Gasteiger partial charge on any atom is -0.350 e. The summed E-state index contributed by atoms with van der Waals surface area (Å²) in [5, 5.41) is 2.40. The predicted molar refractivity (Wildman–Crippen MR) is 121 cm³/mol. The monoisotopic (exact) mass is 527 g/mol. The third kappa shape index (κ3) is 6.83. The summed E-state index contributed by atoms with van der Waals surface area (Å²) in [6, 6.07) is 2.51. The van der Waals surface area contributed by atoms with Gasteiger partial charge in [-0.2, -0.15) is 13.2 Å². The molecule has 5 nitrogen and oxygen atoms in total. The number of piperazine rings is 1. The van der Waals surface area contributed by atoms with Crippen LogP contribution in [0.1, 0.15) is 48.5 Å². The van der Waals surface area contributed by atoms with Crippen molar-refractivity contribution in [3.8, 4) is 0 Å². The summed E-state index contributed by atoms with van der Waals surface area (Å²) in [5.41, 5.74) is -1.75. The predicted octanol–water partition coefficient (Wildman–Crippen LogP) is 4.89. The largest absolute Gasteiger partial charge is 0.416 e. The van der Waals surface area contributed by atoms with Gasteiger partial charge in [-0.25, -0.2) is 13.1 Å². The van der Waals surface area contributed by atoms with E-state index < -0.39 is 29.1 Å². The Morgan fingerprint density at radius 2 is 1.71 bits per heavy atom. The van der Waals surface area contributed by atoms with E-state index in [9.17, 15) is 31.5 Å². The Kier molecular flexibility index (Phi) is 8.53. The van der Waals surface area contributed by atoms with Crippen LogP contribution in [-0.4, -0.2) is 70.8 Å². The van der Waals surface area contributed by atoms with Gasteiger partial charge in [0.05, 0.1) is 21.9 Å². The number of benzene rings is 1. The van der Waals surface area contributed by atoms with Gasteiger partial charge in [0.25, 0.3) is 5.91 Å². The van der Waals surface area contributed by atoms with Crippen LogP contribution in [0.4, 0.5) is 22.0 Å². The molecule has 190 valence electrons. The summed E-state index contributed by atoms with van der Waals surface area (Å²) >= 11 is 7.38. The number of Topliss-reactive ketones (excluding diaryl/α,β-unsaturated/α-hetero) is 1. The Hall–Kier alpha value is -1.43. The lowest BCUT2D eigenvalue weighted by Gasteiger charge is -2.50. The van der Waals surface area contributed by atoms with Gasteiger partial charge in [0.1, 0.15) is 5.78 Å². The van der Waals surface area contributed by atoms with Crippen molar-refractivity contribution in [3.63, 3.8) is 0 Å². The normalized spacial score (nSPS) is 21.3.